The number of hydrogen-bond acceptors (Lipinski definition) is 5. The van der Waals surface area contributed by atoms with Crippen molar-refractivity contribution in [2.75, 3.05) is 10.5 Å². The van der Waals surface area contributed by atoms with E-state index in [4.69, 9.17) is 5.73 Å². The average Bonchev–Trinajstić information content (AvgIpc) is 2.27. The van der Waals surface area contributed by atoms with Crippen LogP contribution in [0.4, 0.5) is 20.3 Å². The number of rotatable bonds is 3. The third kappa shape index (κ3) is 2.76. The van der Waals surface area contributed by atoms with Crippen molar-refractivity contribution in [2.24, 2.45) is 0 Å². The Hall–Kier alpha value is -2.29. The second-order valence-electron chi connectivity index (χ2n) is 3.51. The Morgan fingerprint density at radius 1 is 1.16 bits per heavy atom. The molecule has 0 atom stereocenters. The minimum Gasteiger partial charge on any atom is -0.399 e. The molecule has 2 rings (SSSR count). The maximum Gasteiger partial charge on any atom is 0.268 e. The van der Waals surface area contributed by atoms with Gasteiger partial charge in [0.15, 0.2) is 10.7 Å². The van der Waals surface area contributed by atoms with E-state index in [1.54, 1.807) is 0 Å². The van der Waals surface area contributed by atoms with E-state index in [1.165, 1.54) is 12.4 Å². The van der Waals surface area contributed by atoms with Crippen LogP contribution in [0.1, 0.15) is 0 Å². The zero-order valence-corrected chi connectivity index (χ0v) is 10.2. The summed E-state index contributed by atoms with van der Waals surface area (Å²) in [5.41, 5.74) is 4.99. The van der Waals surface area contributed by atoms with E-state index < -0.39 is 26.6 Å². The summed E-state index contributed by atoms with van der Waals surface area (Å²) in [5.74, 6) is -2.72. The van der Waals surface area contributed by atoms with E-state index >= 15 is 0 Å². The molecule has 2 aromatic rings. The maximum absolute atomic E-state index is 13.5. The standard InChI is InChI=1S/C10H8F2N4O2S/c11-7-3-6(13)4-8(12)10(7)19(17,18)16-9-5-14-1-2-15-9/h1-5H,13H2,(H,15,16). The highest BCUT2D eigenvalue weighted by atomic mass is 32.2. The van der Waals surface area contributed by atoms with Gasteiger partial charge in [-0.1, -0.05) is 0 Å². The van der Waals surface area contributed by atoms with Crippen molar-refractivity contribution in [3.8, 4) is 0 Å². The predicted molar refractivity (Wildman–Crippen MR) is 63.6 cm³/mol. The first-order chi connectivity index (χ1) is 8.90. The summed E-state index contributed by atoms with van der Waals surface area (Å²) < 4.78 is 52.7. The highest BCUT2D eigenvalue weighted by Gasteiger charge is 2.25. The van der Waals surface area contributed by atoms with E-state index in [0.29, 0.717) is 12.1 Å². The van der Waals surface area contributed by atoms with E-state index in [1.807, 2.05) is 4.72 Å². The van der Waals surface area contributed by atoms with Crippen LogP contribution in [0.25, 0.3) is 0 Å². The zero-order valence-electron chi connectivity index (χ0n) is 9.34. The van der Waals surface area contributed by atoms with E-state index in [2.05, 4.69) is 9.97 Å². The van der Waals surface area contributed by atoms with E-state index in [9.17, 15) is 17.2 Å². The topological polar surface area (TPSA) is 98.0 Å². The predicted octanol–water partition coefficient (Wildman–Crippen LogP) is 1.14. The molecule has 0 amide bonds. The lowest BCUT2D eigenvalue weighted by atomic mass is 10.3. The van der Waals surface area contributed by atoms with Crippen molar-refractivity contribution in [2.45, 2.75) is 4.90 Å². The first-order valence-electron chi connectivity index (χ1n) is 4.93. The smallest absolute Gasteiger partial charge is 0.268 e. The zero-order chi connectivity index (χ0) is 14.0. The highest BCUT2D eigenvalue weighted by Crippen LogP contribution is 2.23. The van der Waals surface area contributed by atoms with Crippen LogP contribution in [0.2, 0.25) is 0 Å². The fraction of sp³-hybridized carbons (Fsp3) is 0. The Kier molecular flexibility index (Phi) is 3.30. The number of anilines is 2. The van der Waals surface area contributed by atoms with Gasteiger partial charge >= 0.3 is 0 Å². The maximum atomic E-state index is 13.5. The van der Waals surface area contributed by atoms with Crippen LogP contribution in [0, 0.1) is 11.6 Å². The first-order valence-corrected chi connectivity index (χ1v) is 6.42. The molecular formula is C10H8F2N4O2S. The Morgan fingerprint density at radius 3 is 2.32 bits per heavy atom. The lowest BCUT2D eigenvalue weighted by Gasteiger charge is -2.09. The van der Waals surface area contributed by atoms with Crippen molar-refractivity contribution in [3.63, 3.8) is 0 Å². The van der Waals surface area contributed by atoms with Gasteiger partial charge in [0.1, 0.15) is 11.6 Å². The van der Waals surface area contributed by atoms with Crippen molar-refractivity contribution in [1.29, 1.82) is 0 Å². The van der Waals surface area contributed by atoms with Gasteiger partial charge in [0.05, 0.1) is 6.20 Å². The SMILES string of the molecule is Nc1cc(F)c(S(=O)(=O)Nc2cnccn2)c(F)c1. The molecule has 9 heteroatoms. The normalized spacial score (nSPS) is 11.3. The van der Waals surface area contributed by atoms with Gasteiger partial charge in [-0.15, -0.1) is 0 Å². The summed E-state index contributed by atoms with van der Waals surface area (Å²) in [6.45, 7) is 0. The van der Waals surface area contributed by atoms with Crippen molar-refractivity contribution in [1.82, 2.24) is 9.97 Å². The molecule has 0 saturated carbocycles. The Morgan fingerprint density at radius 2 is 1.79 bits per heavy atom. The minimum absolute atomic E-state index is 0.155. The van der Waals surface area contributed by atoms with Gasteiger partial charge in [0.2, 0.25) is 0 Å². The molecule has 0 aliphatic heterocycles. The summed E-state index contributed by atoms with van der Waals surface area (Å²) in [4.78, 5) is 6.15. The molecule has 6 nitrogen and oxygen atoms in total. The van der Waals surface area contributed by atoms with Crippen molar-refractivity contribution < 1.29 is 17.2 Å². The van der Waals surface area contributed by atoms with Crippen LogP contribution in [0.15, 0.2) is 35.6 Å². The molecule has 0 bridgehead atoms. The Labute approximate surface area is 107 Å². The largest absolute Gasteiger partial charge is 0.399 e. The van der Waals surface area contributed by atoms with E-state index in [-0.39, 0.29) is 11.5 Å². The number of hydrogen-bond donors (Lipinski definition) is 2. The third-order valence-corrected chi connectivity index (χ3v) is 3.50. The number of nitrogens with zero attached hydrogens (tertiary/aromatic N) is 2. The molecule has 3 N–H and O–H groups in total. The fourth-order valence-corrected chi connectivity index (χ4v) is 2.49. The summed E-state index contributed by atoms with van der Waals surface area (Å²) in [6.07, 6.45) is 3.65. The van der Waals surface area contributed by atoms with Crippen LogP contribution in [-0.4, -0.2) is 18.4 Å². The van der Waals surface area contributed by atoms with Gasteiger partial charge in [-0.25, -0.2) is 22.2 Å². The molecule has 0 aliphatic carbocycles. The third-order valence-electron chi connectivity index (χ3n) is 2.09. The summed E-state index contributed by atoms with van der Waals surface area (Å²) in [6, 6.07) is 1.43. The Bertz CT molecular complexity index is 684. The van der Waals surface area contributed by atoms with Crippen LogP contribution >= 0.6 is 0 Å². The summed E-state index contributed by atoms with van der Waals surface area (Å²) >= 11 is 0. The number of nitrogen functional groups attached to an aromatic ring is 1. The molecule has 1 aromatic heterocycles. The van der Waals surface area contributed by atoms with Crippen LogP contribution in [0.5, 0.6) is 0 Å². The molecule has 100 valence electrons. The lowest BCUT2D eigenvalue weighted by Crippen LogP contribution is -2.17. The minimum atomic E-state index is -4.45. The van der Waals surface area contributed by atoms with Crippen molar-refractivity contribution >= 4 is 21.5 Å². The van der Waals surface area contributed by atoms with Crippen LogP contribution in [0.3, 0.4) is 0 Å². The van der Waals surface area contributed by atoms with Gasteiger partial charge in [0, 0.05) is 18.1 Å². The molecule has 0 saturated heterocycles. The second-order valence-corrected chi connectivity index (χ2v) is 5.13. The van der Waals surface area contributed by atoms with Crippen LogP contribution < -0.4 is 10.5 Å². The molecule has 0 spiro atoms. The summed E-state index contributed by atoms with van der Waals surface area (Å²) in [5, 5.41) is 0. The fourth-order valence-electron chi connectivity index (χ4n) is 1.38. The molecule has 1 heterocycles. The quantitative estimate of drug-likeness (QED) is 0.824. The molecule has 0 radical (unpaired) electrons. The van der Waals surface area contributed by atoms with Gasteiger partial charge < -0.3 is 5.73 Å². The number of nitrogens with two attached hydrogens (primary N) is 1. The number of aromatic nitrogens is 2. The van der Waals surface area contributed by atoms with E-state index in [0.717, 1.165) is 6.20 Å². The van der Waals surface area contributed by atoms with Gasteiger partial charge in [0.25, 0.3) is 10.0 Å². The number of halogens is 2. The number of sulfonamides is 1. The molecule has 1 aromatic carbocycles. The Balaban J connectivity index is 2.46. The lowest BCUT2D eigenvalue weighted by molar-refractivity contribution is 0.522. The molecule has 0 fully saturated rings. The van der Waals surface area contributed by atoms with Gasteiger partial charge in [-0.3, -0.25) is 9.71 Å². The summed E-state index contributed by atoms with van der Waals surface area (Å²) in [7, 11) is -4.45. The average molecular weight is 286 g/mol. The van der Waals surface area contributed by atoms with Gasteiger partial charge in [-0.2, -0.15) is 0 Å². The highest BCUT2D eigenvalue weighted by molar-refractivity contribution is 7.92. The van der Waals surface area contributed by atoms with Crippen molar-refractivity contribution in [3.05, 3.63) is 42.4 Å². The molecule has 0 aliphatic rings. The molecular weight excluding hydrogens is 278 g/mol. The molecule has 0 unspecified atom stereocenters. The number of benzene rings is 1. The molecule has 19 heavy (non-hydrogen) atoms. The van der Waals surface area contributed by atoms with Gasteiger partial charge in [-0.05, 0) is 12.1 Å². The first kappa shape index (κ1) is 13.1. The van der Waals surface area contributed by atoms with Crippen LogP contribution in [-0.2, 0) is 10.0 Å². The monoisotopic (exact) mass is 286 g/mol. The number of nitrogens with one attached hydrogen (secondary N) is 1. The second kappa shape index (κ2) is 4.76.